The molecule has 0 fully saturated rings. The lowest BCUT2D eigenvalue weighted by atomic mass is 10.2. The number of rotatable bonds is 4. The molecule has 0 N–H and O–H groups in total. The molecule has 0 saturated heterocycles. The molecule has 2 aromatic carbocycles. The van der Waals surface area contributed by atoms with E-state index in [2.05, 4.69) is 77.4 Å². The Morgan fingerprint density at radius 2 is 1.57 bits per heavy atom. The number of hydrogen-bond donors (Lipinski definition) is 0. The summed E-state index contributed by atoms with van der Waals surface area (Å²) >= 11 is 7.92. The van der Waals surface area contributed by atoms with E-state index in [9.17, 15) is 4.21 Å². The maximum absolute atomic E-state index is 13.2. The monoisotopic (exact) mass is 613 g/mol. The Hall–Kier alpha value is -0.330. The van der Waals surface area contributed by atoms with Gasteiger partial charge in [0.25, 0.3) is 0 Å². The Labute approximate surface area is 172 Å². The lowest BCUT2D eigenvalue weighted by molar-refractivity contribution is 0.653. The smallest absolute Gasteiger partial charge is 0.141 e. The average Bonchev–Trinajstić information content (AvgIpc) is 3.02. The van der Waals surface area contributed by atoms with Gasteiger partial charge in [-0.25, -0.2) is 0 Å². The molecule has 0 radical (unpaired) electrons. The third-order valence-corrected chi connectivity index (χ3v) is 6.53. The standard InChI is InChI=1S/C15H10BrI2N3OS/c16-11-3-1-10(2-4-11)15(21-8-19-20-9-21)23(22)14-6-12(17)5-13(18)7-14/h1-9,15H. The average molecular weight is 614 g/mol. The fourth-order valence-corrected chi connectivity index (χ4v) is 6.24. The highest BCUT2D eigenvalue weighted by Gasteiger charge is 2.23. The first kappa shape index (κ1) is 17.5. The lowest BCUT2D eigenvalue weighted by Crippen LogP contribution is -2.15. The fraction of sp³-hybridized carbons (Fsp3) is 0.0667. The van der Waals surface area contributed by atoms with Gasteiger partial charge >= 0.3 is 0 Å². The molecule has 0 bridgehead atoms. The predicted molar refractivity (Wildman–Crippen MR) is 111 cm³/mol. The largest absolute Gasteiger partial charge is 0.300 e. The van der Waals surface area contributed by atoms with Crippen molar-refractivity contribution in [1.82, 2.24) is 14.8 Å². The van der Waals surface area contributed by atoms with E-state index in [1.807, 2.05) is 36.4 Å². The molecule has 1 aromatic heterocycles. The van der Waals surface area contributed by atoms with Crippen LogP contribution in [0.5, 0.6) is 0 Å². The fourth-order valence-electron chi connectivity index (χ4n) is 2.14. The van der Waals surface area contributed by atoms with Crippen molar-refractivity contribution in [1.29, 1.82) is 0 Å². The van der Waals surface area contributed by atoms with Gasteiger partial charge in [-0.2, -0.15) is 0 Å². The van der Waals surface area contributed by atoms with Crippen molar-refractivity contribution in [3.63, 3.8) is 0 Å². The number of halogens is 3. The van der Waals surface area contributed by atoms with Crippen LogP contribution in [0.4, 0.5) is 0 Å². The lowest BCUT2D eigenvalue weighted by Gasteiger charge is -2.18. The zero-order valence-corrected chi connectivity index (χ0v) is 18.3. The summed E-state index contributed by atoms with van der Waals surface area (Å²) in [7, 11) is -1.27. The van der Waals surface area contributed by atoms with Crippen LogP contribution in [0.15, 0.2) is 64.5 Å². The summed E-state index contributed by atoms with van der Waals surface area (Å²) in [4.78, 5) is 0.794. The van der Waals surface area contributed by atoms with Gasteiger partial charge in [-0.1, -0.05) is 28.1 Å². The zero-order chi connectivity index (χ0) is 16.4. The summed E-state index contributed by atoms with van der Waals surface area (Å²) in [6.45, 7) is 0. The number of hydrogen-bond acceptors (Lipinski definition) is 3. The van der Waals surface area contributed by atoms with E-state index in [-0.39, 0.29) is 5.37 Å². The molecule has 0 aliphatic heterocycles. The normalized spacial score (nSPS) is 13.7. The van der Waals surface area contributed by atoms with E-state index < -0.39 is 10.8 Å². The van der Waals surface area contributed by atoms with E-state index in [0.717, 1.165) is 22.1 Å². The van der Waals surface area contributed by atoms with Crippen LogP contribution in [-0.4, -0.2) is 19.0 Å². The Balaban J connectivity index is 2.08. The second-order valence-electron chi connectivity index (χ2n) is 4.72. The van der Waals surface area contributed by atoms with Gasteiger partial charge in [-0.3, -0.25) is 4.21 Å². The molecule has 4 nitrogen and oxygen atoms in total. The highest BCUT2D eigenvalue weighted by atomic mass is 127. The molecular weight excluding hydrogens is 604 g/mol. The number of benzene rings is 2. The third-order valence-electron chi connectivity index (χ3n) is 3.13. The Bertz CT molecular complexity index is 820. The van der Waals surface area contributed by atoms with E-state index in [4.69, 9.17) is 0 Å². The van der Waals surface area contributed by atoms with Gasteiger partial charge in [0, 0.05) is 16.5 Å². The van der Waals surface area contributed by atoms with Crippen LogP contribution in [-0.2, 0) is 10.8 Å². The molecule has 0 amide bonds. The maximum Gasteiger partial charge on any atom is 0.141 e. The maximum atomic E-state index is 13.2. The molecule has 23 heavy (non-hydrogen) atoms. The summed E-state index contributed by atoms with van der Waals surface area (Å²) < 4.78 is 18.1. The van der Waals surface area contributed by atoms with Crippen molar-refractivity contribution in [2.45, 2.75) is 10.3 Å². The zero-order valence-electron chi connectivity index (χ0n) is 11.6. The minimum atomic E-state index is -1.27. The van der Waals surface area contributed by atoms with E-state index in [0.29, 0.717) is 0 Å². The van der Waals surface area contributed by atoms with Gasteiger partial charge in [0.2, 0.25) is 0 Å². The molecule has 1 heterocycles. The van der Waals surface area contributed by atoms with Crippen molar-refractivity contribution in [2.24, 2.45) is 0 Å². The van der Waals surface area contributed by atoms with E-state index >= 15 is 0 Å². The Kier molecular flexibility index (Phi) is 5.86. The molecule has 0 aliphatic carbocycles. The first-order chi connectivity index (χ1) is 11.0. The summed E-state index contributed by atoms with van der Waals surface area (Å²) in [6, 6.07) is 13.8. The van der Waals surface area contributed by atoms with Gasteiger partial charge in [0.15, 0.2) is 0 Å². The number of aromatic nitrogens is 3. The molecule has 3 rings (SSSR count). The molecule has 118 valence electrons. The van der Waals surface area contributed by atoms with Crippen molar-refractivity contribution < 1.29 is 4.21 Å². The second kappa shape index (κ2) is 7.70. The first-order valence-electron chi connectivity index (χ1n) is 6.51. The van der Waals surface area contributed by atoms with Gasteiger partial charge in [0.05, 0.1) is 10.8 Å². The number of nitrogens with zero attached hydrogens (tertiary/aromatic N) is 3. The van der Waals surface area contributed by atoms with Crippen LogP contribution >= 0.6 is 61.1 Å². The Morgan fingerprint density at radius 1 is 1.00 bits per heavy atom. The summed E-state index contributed by atoms with van der Waals surface area (Å²) in [5.74, 6) is 0. The van der Waals surface area contributed by atoms with Gasteiger partial charge in [0.1, 0.15) is 18.0 Å². The molecule has 0 spiro atoms. The van der Waals surface area contributed by atoms with Gasteiger partial charge in [-0.05, 0) is 81.1 Å². The summed E-state index contributed by atoms with van der Waals surface area (Å²) in [5, 5.41) is 7.36. The molecular formula is C15H10BrI2N3OS. The molecule has 0 saturated carbocycles. The molecule has 0 aliphatic rings. The molecule has 2 unspecified atom stereocenters. The van der Waals surface area contributed by atoms with Crippen LogP contribution in [0.2, 0.25) is 0 Å². The molecule has 3 aromatic rings. The minimum Gasteiger partial charge on any atom is -0.300 e. The van der Waals surface area contributed by atoms with Crippen LogP contribution in [0.1, 0.15) is 10.9 Å². The van der Waals surface area contributed by atoms with Crippen LogP contribution in [0, 0.1) is 7.14 Å². The van der Waals surface area contributed by atoms with E-state index in [1.165, 1.54) is 0 Å². The van der Waals surface area contributed by atoms with Gasteiger partial charge < -0.3 is 4.57 Å². The van der Waals surface area contributed by atoms with Gasteiger partial charge in [-0.15, -0.1) is 10.2 Å². The highest BCUT2D eigenvalue weighted by Crippen LogP contribution is 2.29. The first-order valence-corrected chi connectivity index (χ1v) is 10.7. The summed E-state index contributed by atoms with van der Waals surface area (Å²) in [5.41, 5.74) is 0.945. The topological polar surface area (TPSA) is 47.8 Å². The van der Waals surface area contributed by atoms with Crippen molar-refractivity contribution in [3.8, 4) is 0 Å². The van der Waals surface area contributed by atoms with Crippen molar-refractivity contribution in [3.05, 3.63) is 72.3 Å². The predicted octanol–water partition coefficient (Wildman–Crippen LogP) is 4.60. The summed E-state index contributed by atoms with van der Waals surface area (Å²) in [6.07, 6.45) is 3.20. The van der Waals surface area contributed by atoms with Crippen molar-refractivity contribution >= 4 is 71.9 Å². The Morgan fingerprint density at radius 3 is 2.13 bits per heavy atom. The van der Waals surface area contributed by atoms with Crippen molar-refractivity contribution in [2.75, 3.05) is 0 Å². The third kappa shape index (κ3) is 4.20. The molecule has 2 atom stereocenters. The SMILES string of the molecule is O=S(c1cc(I)cc(I)c1)C(c1ccc(Br)cc1)n1cnnc1. The minimum absolute atomic E-state index is 0.368. The van der Waals surface area contributed by atoms with Crippen LogP contribution in [0.3, 0.4) is 0 Å². The quantitative estimate of drug-likeness (QED) is 0.404. The highest BCUT2D eigenvalue weighted by molar-refractivity contribution is 14.1. The van der Waals surface area contributed by atoms with Crippen LogP contribution in [0.25, 0.3) is 0 Å². The second-order valence-corrected chi connectivity index (χ2v) is 9.64. The van der Waals surface area contributed by atoms with E-state index in [1.54, 1.807) is 17.2 Å². The molecule has 8 heteroatoms. The van der Waals surface area contributed by atoms with Crippen LogP contribution < -0.4 is 0 Å².